The first-order valence-corrected chi connectivity index (χ1v) is 7.00. The van der Waals surface area contributed by atoms with Crippen LogP contribution in [0.3, 0.4) is 0 Å². The Morgan fingerprint density at radius 1 is 1.25 bits per heavy atom. The number of rotatable bonds is 8. The van der Waals surface area contributed by atoms with Crippen LogP contribution in [-0.2, 0) is 4.74 Å². The number of benzene rings is 1. The molecule has 0 unspecified atom stereocenters. The number of amides is 1. The fourth-order valence-electron chi connectivity index (χ4n) is 1.90. The minimum Gasteiger partial charge on any atom is -0.451 e. The molecule has 0 radical (unpaired) electrons. The molecule has 1 aromatic carbocycles. The summed E-state index contributed by atoms with van der Waals surface area (Å²) in [5.41, 5.74) is 0.541. The van der Waals surface area contributed by atoms with Gasteiger partial charge in [-0.05, 0) is 30.7 Å². The third kappa shape index (κ3) is 4.85. The highest BCUT2D eigenvalue weighted by atomic mass is 19.3. The van der Waals surface area contributed by atoms with Crippen molar-refractivity contribution < 1.29 is 27.7 Å². The number of nitrogens with zero attached hydrogens (tertiary/aromatic N) is 1. The highest BCUT2D eigenvalue weighted by molar-refractivity contribution is 5.92. The van der Waals surface area contributed by atoms with Crippen LogP contribution in [0.25, 0.3) is 11.3 Å². The summed E-state index contributed by atoms with van der Waals surface area (Å²) < 4.78 is 33.0. The molecule has 2 aromatic rings. The molecule has 0 aliphatic heterocycles. The van der Waals surface area contributed by atoms with E-state index in [0.29, 0.717) is 11.3 Å². The number of ether oxygens (including phenoxy) is 1. The predicted molar refractivity (Wildman–Crippen MR) is 79.7 cm³/mol. The highest BCUT2D eigenvalue weighted by Gasteiger charge is 2.13. The van der Waals surface area contributed by atoms with Crippen molar-refractivity contribution in [2.45, 2.75) is 13.0 Å². The Morgan fingerprint density at radius 2 is 1.96 bits per heavy atom. The number of carbonyl (C=O) groups is 1. The lowest BCUT2D eigenvalue weighted by Crippen LogP contribution is -2.25. The van der Waals surface area contributed by atoms with E-state index in [0.717, 1.165) is 0 Å². The van der Waals surface area contributed by atoms with Gasteiger partial charge in [-0.25, -0.2) is 0 Å². The summed E-state index contributed by atoms with van der Waals surface area (Å²) >= 11 is 0. The quantitative estimate of drug-likeness (QED) is 0.452. The molecule has 7 nitrogen and oxygen atoms in total. The van der Waals surface area contributed by atoms with Gasteiger partial charge in [0.05, 0.1) is 11.5 Å². The lowest BCUT2D eigenvalue weighted by molar-refractivity contribution is -0.384. The standard InChI is InChI=1S/C15H14F2N2O5/c16-15(17)23-9-1-8-18-14(20)13-7-6-12(24-13)10-2-4-11(5-3-10)19(21)22/h2-7,15H,1,8-9H2,(H,18,20). The Morgan fingerprint density at radius 3 is 2.58 bits per heavy atom. The van der Waals surface area contributed by atoms with Crippen molar-refractivity contribution >= 4 is 11.6 Å². The zero-order chi connectivity index (χ0) is 17.5. The van der Waals surface area contributed by atoms with Crippen molar-refractivity contribution in [3.05, 3.63) is 52.3 Å². The maximum absolute atomic E-state index is 11.8. The molecule has 128 valence electrons. The molecule has 24 heavy (non-hydrogen) atoms. The van der Waals surface area contributed by atoms with Gasteiger partial charge >= 0.3 is 6.61 Å². The van der Waals surface area contributed by atoms with Gasteiger partial charge in [-0.1, -0.05) is 0 Å². The van der Waals surface area contributed by atoms with Crippen molar-refractivity contribution in [3.63, 3.8) is 0 Å². The second kappa shape index (κ2) is 8.16. The average molecular weight is 340 g/mol. The van der Waals surface area contributed by atoms with Gasteiger partial charge < -0.3 is 14.5 Å². The van der Waals surface area contributed by atoms with Crippen LogP contribution in [0.15, 0.2) is 40.8 Å². The molecule has 1 amide bonds. The molecule has 0 bridgehead atoms. The molecule has 1 aromatic heterocycles. The minimum absolute atomic E-state index is 0.0470. The molecule has 0 saturated carbocycles. The molecular formula is C15H14F2N2O5. The summed E-state index contributed by atoms with van der Waals surface area (Å²) in [7, 11) is 0. The van der Waals surface area contributed by atoms with Crippen LogP contribution in [0, 0.1) is 10.1 Å². The molecule has 0 fully saturated rings. The molecule has 0 spiro atoms. The fourth-order valence-corrected chi connectivity index (χ4v) is 1.90. The van der Waals surface area contributed by atoms with Crippen LogP contribution in [0.2, 0.25) is 0 Å². The van der Waals surface area contributed by atoms with Crippen LogP contribution in [0.5, 0.6) is 0 Å². The maximum atomic E-state index is 11.8. The number of alkyl halides is 2. The third-order valence-electron chi connectivity index (χ3n) is 3.04. The minimum atomic E-state index is -2.82. The maximum Gasteiger partial charge on any atom is 0.345 e. The second-order valence-electron chi connectivity index (χ2n) is 4.71. The summed E-state index contributed by atoms with van der Waals surface area (Å²) in [5, 5.41) is 13.1. The van der Waals surface area contributed by atoms with Crippen LogP contribution in [0.1, 0.15) is 17.0 Å². The number of nitro benzene ring substituents is 1. The van der Waals surface area contributed by atoms with E-state index in [-0.39, 0.29) is 31.0 Å². The van der Waals surface area contributed by atoms with E-state index in [9.17, 15) is 23.7 Å². The topological polar surface area (TPSA) is 94.6 Å². The second-order valence-corrected chi connectivity index (χ2v) is 4.71. The van der Waals surface area contributed by atoms with Gasteiger partial charge in [0.1, 0.15) is 5.76 Å². The summed E-state index contributed by atoms with van der Waals surface area (Å²) in [4.78, 5) is 21.9. The van der Waals surface area contributed by atoms with Gasteiger partial charge in [-0.15, -0.1) is 0 Å². The molecule has 1 heterocycles. The Labute approximate surface area is 135 Å². The zero-order valence-electron chi connectivity index (χ0n) is 12.4. The zero-order valence-corrected chi connectivity index (χ0v) is 12.4. The van der Waals surface area contributed by atoms with Gasteiger partial charge in [0.25, 0.3) is 11.6 Å². The number of furan rings is 1. The summed E-state index contributed by atoms with van der Waals surface area (Å²) in [6.45, 7) is -2.82. The normalized spacial score (nSPS) is 10.8. The number of non-ortho nitro benzene ring substituents is 1. The number of hydrogen-bond donors (Lipinski definition) is 1. The summed E-state index contributed by atoms with van der Waals surface area (Å²) in [6.07, 6.45) is 0.242. The van der Waals surface area contributed by atoms with E-state index < -0.39 is 17.4 Å². The van der Waals surface area contributed by atoms with Crippen molar-refractivity contribution in [1.82, 2.24) is 5.32 Å². The van der Waals surface area contributed by atoms with Gasteiger partial charge in [0.2, 0.25) is 0 Å². The number of hydrogen-bond acceptors (Lipinski definition) is 5. The van der Waals surface area contributed by atoms with E-state index in [4.69, 9.17) is 4.42 Å². The largest absolute Gasteiger partial charge is 0.451 e. The number of carbonyl (C=O) groups excluding carboxylic acids is 1. The van der Waals surface area contributed by atoms with Crippen LogP contribution in [-0.4, -0.2) is 30.6 Å². The van der Waals surface area contributed by atoms with Crippen LogP contribution < -0.4 is 5.32 Å². The van der Waals surface area contributed by atoms with Crippen LogP contribution >= 0.6 is 0 Å². The van der Waals surface area contributed by atoms with E-state index >= 15 is 0 Å². The van der Waals surface area contributed by atoms with E-state index in [1.54, 1.807) is 6.07 Å². The number of nitro groups is 1. The predicted octanol–water partition coefficient (Wildman–Crippen LogP) is 3.21. The van der Waals surface area contributed by atoms with Gasteiger partial charge in [0, 0.05) is 24.2 Å². The molecule has 0 aliphatic rings. The Balaban J connectivity index is 1.90. The highest BCUT2D eigenvalue weighted by Crippen LogP contribution is 2.24. The lowest BCUT2D eigenvalue weighted by Gasteiger charge is -2.04. The average Bonchev–Trinajstić information content (AvgIpc) is 3.04. The number of nitrogens with one attached hydrogen (secondary N) is 1. The summed E-state index contributed by atoms with van der Waals surface area (Å²) in [6, 6.07) is 8.72. The molecular weight excluding hydrogens is 326 g/mol. The SMILES string of the molecule is O=C(NCCCOC(F)F)c1ccc(-c2ccc([N+](=O)[O-])cc2)o1. The van der Waals surface area contributed by atoms with Crippen molar-refractivity contribution in [2.75, 3.05) is 13.2 Å². The van der Waals surface area contributed by atoms with Gasteiger partial charge in [-0.3, -0.25) is 14.9 Å². The summed E-state index contributed by atoms with van der Waals surface area (Å²) in [5.74, 6) is -0.0468. The molecule has 1 N–H and O–H groups in total. The molecule has 2 rings (SSSR count). The van der Waals surface area contributed by atoms with E-state index in [1.807, 2.05) is 0 Å². The number of halogens is 2. The molecule has 0 saturated heterocycles. The fraction of sp³-hybridized carbons (Fsp3) is 0.267. The molecule has 9 heteroatoms. The lowest BCUT2D eigenvalue weighted by atomic mass is 10.1. The Bertz CT molecular complexity index is 700. The smallest absolute Gasteiger partial charge is 0.345 e. The van der Waals surface area contributed by atoms with Gasteiger partial charge in [-0.2, -0.15) is 8.78 Å². The van der Waals surface area contributed by atoms with Crippen molar-refractivity contribution in [1.29, 1.82) is 0 Å². The third-order valence-corrected chi connectivity index (χ3v) is 3.04. The van der Waals surface area contributed by atoms with Gasteiger partial charge in [0.15, 0.2) is 5.76 Å². The van der Waals surface area contributed by atoms with E-state index in [2.05, 4.69) is 10.1 Å². The monoisotopic (exact) mass is 340 g/mol. The Kier molecular flexibility index (Phi) is 5.96. The first-order chi connectivity index (χ1) is 11.5. The Hall–Kier alpha value is -2.81. The van der Waals surface area contributed by atoms with Crippen molar-refractivity contribution in [2.24, 2.45) is 0 Å². The molecule has 0 aliphatic carbocycles. The van der Waals surface area contributed by atoms with Crippen molar-refractivity contribution in [3.8, 4) is 11.3 Å². The first kappa shape index (κ1) is 17.5. The molecule has 0 atom stereocenters. The first-order valence-electron chi connectivity index (χ1n) is 7.00. The van der Waals surface area contributed by atoms with Crippen LogP contribution in [0.4, 0.5) is 14.5 Å². The van der Waals surface area contributed by atoms with E-state index in [1.165, 1.54) is 30.3 Å².